The fraction of sp³-hybridized carbons (Fsp3) is 0.722. The Morgan fingerprint density at radius 3 is 1.79 bits per heavy atom. The lowest BCUT2D eigenvalue weighted by atomic mass is 10.00. The Morgan fingerprint density at radius 1 is 0.828 bits per heavy atom. The smallest absolute Gasteiger partial charge is 0.326 e. The van der Waals surface area contributed by atoms with Crippen molar-refractivity contribution >= 4 is 29.7 Å². The second kappa shape index (κ2) is 12.0. The van der Waals surface area contributed by atoms with Crippen molar-refractivity contribution in [3.8, 4) is 0 Å². The van der Waals surface area contributed by atoms with Crippen LogP contribution in [0.4, 0.5) is 0 Å². The minimum Gasteiger partial charge on any atom is -0.481 e. The van der Waals surface area contributed by atoms with Crippen LogP contribution in [-0.4, -0.2) is 64.0 Å². The van der Waals surface area contributed by atoms with Crippen LogP contribution in [0.15, 0.2) is 0 Å². The summed E-state index contributed by atoms with van der Waals surface area (Å²) in [5.74, 6) is -4.90. The van der Waals surface area contributed by atoms with E-state index in [4.69, 9.17) is 10.8 Å². The number of nitrogens with two attached hydrogens (primary N) is 1. The standard InChI is InChI=1S/C18H32N4O7/c1-8(2)6-12(18(28)29)21-17(27)14(9(3)4)22-15(25)10(5)20-16(26)11(19)7-13(23)24/h8-12,14H,6-7,19H2,1-5H3,(H,20,26)(H,21,27)(H,22,25)(H,23,24)(H,28,29). The first-order chi connectivity index (χ1) is 13.3. The average Bonchev–Trinajstić information content (AvgIpc) is 2.56. The van der Waals surface area contributed by atoms with Crippen molar-refractivity contribution in [2.75, 3.05) is 0 Å². The van der Waals surface area contributed by atoms with Crippen molar-refractivity contribution in [3.05, 3.63) is 0 Å². The molecule has 166 valence electrons. The molecule has 0 aliphatic rings. The maximum atomic E-state index is 12.5. The highest BCUT2D eigenvalue weighted by Crippen LogP contribution is 2.08. The second-order valence-corrected chi connectivity index (χ2v) is 7.69. The minimum absolute atomic E-state index is 0.0359. The van der Waals surface area contributed by atoms with Crippen LogP contribution in [0.25, 0.3) is 0 Å². The minimum atomic E-state index is -1.32. The number of nitrogens with one attached hydrogen (secondary N) is 3. The molecule has 0 spiro atoms. The van der Waals surface area contributed by atoms with E-state index in [0.29, 0.717) is 0 Å². The summed E-state index contributed by atoms with van der Waals surface area (Å²) in [6.07, 6.45) is -0.364. The molecule has 0 aromatic carbocycles. The summed E-state index contributed by atoms with van der Waals surface area (Å²) in [7, 11) is 0. The third kappa shape index (κ3) is 9.88. The van der Waals surface area contributed by atoms with E-state index in [2.05, 4.69) is 16.0 Å². The predicted octanol–water partition coefficient (Wildman–Crippen LogP) is -0.951. The zero-order chi connectivity index (χ0) is 22.9. The molecular formula is C18H32N4O7. The normalized spacial score (nSPS) is 15.2. The van der Waals surface area contributed by atoms with Gasteiger partial charge in [0.15, 0.2) is 0 Å². The van der Waals surface area contributed by atoms with E-state index in [9.17, 15) is 29.1 Å². The first-order valence-corrected chi connectivity index (χ1v) is 9.37. The van der Waals surface area contributed by atoms with E-state index in [1.807, 2.05) is 13.8 Å². The highest BCUT2D eigenvalue weighted by molar-refractivity contribution is 5.94. The molecule has 0 bridgehead atoms. The highest BCUT2D eigenvalue weighted by Gasteiger charge is 2.31. The SMILES string of the molecule is CC(C)CC(NC(=O)C(NC(=O)C(C)NC(=O)C(N)CC(=O)O)C(C)C)C(=O)O. The molecule has 4 unspecified atom stereocenters. The number of hydrogen-bond donors (Lipinski definition) is 6. The summed E-state index contributed by atoms with van der Waals surface area (Å²) in [6.45, 7) is 8.35. The lowest BCUT2D eigenvalue weighted by Gasteiger charge is -2.26. The number of rotatable bonds is 12. The maximum absolute atomic E-state index is 12.5. The Morgan fingerprint density at radius 2 is 1.38 bits per heavy atom. The number of amides is 3. The van der Waals surface area contributed by atoms with Crippen LogP contribution in [0, 0.1) is 11.8 Å². The van der Waals surface area contributed by atoms with Crippen molar-refractivity contribution in [2.45, 2.75) is 71.6 Å². The van der Waals surface area contributed by atoms with Crippen molar-refractivity contribution in [1.82, 2.24) is 16.0 Å². The Labute approximate surface area is 169 Å². The molecule has 0 aromatic heterocycles. The number of carboxylic acid groups (broad SMARTS) is 2. The summed E-state index contributed by atoms with van der Waals surface area (Å²) in [5, 5.41) is 25.1. The van der Waals surface area contributed by atoms with Crippen LogP contribution in [0.3, 0.4) is 0 Å². The van der Waals surface area contributed by atoms with Gasteiger partial charge in [0.1, 0.15) is 18.1 Å². The Balaban J connectivity index is 5.02. The zero-order valence-electron chi connectivity index (χ0n) is 17.4. The van der Waals surface area contributed by atoms with Gasteiger partial charge in [-0.05, 0) is 25.2 Å². The monoisotopic (exact) mass is 416 g/mol. The second-order valence-electron chi connectivity index (χ2n) is 7.69. The number of carboxylic acids is 2. The molecule has 0 radical (unpaired) electrons. The molecule has 11 nitrogen and oxygen atoms in total. The molecule has 4 atom stereocenters. The van der Waals surface area contributed by atoms with E-state index in [-0.39, 0.29) is 18.3 Å². The molecule has 3 amide bonds. The first-order valence-electron chi connectivity index (χ1n) is 9.37. The van der Waals surface area contributed by atoms with Crippen LogP contribution in [0.1, 0.15) is 47.5 Å². The third-order valence-corrected chi connectivity index (χ3v) is 4.05. The largest absolute Gasteiger partial charge is 0.481 e. The van der Waals surface area contributed by atoms with Crippen LogP contribution < -0.4 is 21.7 Å². The third-order valence-electron chi connectivity index (χ3n) is 4.05. The molecule has 0 saturated heterocycles. The summed E-state index contributed by atoms with van der Waals surface area (Å²) in [4.78, 5) is 58.7. The summed E-state index contributed by atoms with van der Waals surface area (Å²) < 4.78 is 0. The molecule has 29 heavy (non-hydrogen) atoms. The zero-order valence-corrected chi connectivity index (χ0v) is 17.4. The summed E-state index contributed by atoms with van der Waals surface area (Å²) >= 11 is 0. The molecule has 0 rings (SSSR count). The van der Waals surface area contributed by atoms with Gasteiger partial charge in [-0.1, -0.05) is 27.7 Å². The van der Waals surface area contributed by atoms with E-state index < -0.39 is 60.2 Å². The van der Waals surface area contributed by atoms with Gasteiger partial charge < -0.3 is 31.9 Å². The van der Waals surface area contributed by atoms with Crippen molar-refractivity contribution < 1.29 is 34.2 Å². The average molecular weight is 416 g/mol. The number of aliphatic carboxylic acids is 2. The quantitative estimate of drug-likeness (QED) is 0.235. The highest BCUT2D eigenvalue weighted by atomic mass is 16.4. The van der Waals surface area contributed by atoms with Gasteiger partial charge in [0, 0.05) is 0 Å². The molecule has 0 heterocycles. The van der Waals surface area contributed by atoms with Gasteiger partial charge in [0.25, 0.3) is 0 Å². The van der Waals surface area contributed by atoms with E-state index in [1.165, 1.54) is 6.92 Å². The molecule has 0 aromatic rings. The fourth-order valence-corrected chi connectivity index (χ4v) is 2.43. The molecular weight excluding hydrogens is 384 g/mol. The molecule has 0 fully saturated rings. The van der Waals surface area contributed by atoms with Gasteiger partial charge in [-0.15, -0.1) is 0 Å². The Bertz CT molecular complexity index is 621. The number of carbonyl (C=O) groups is 5. The van der Waals surface area contributed by atoms with Gasteiger partial charge in [0.2, 0.25) is 17.7 Å². The molecule has 7 N–H and O–H groups in total. The van der Waals surface area contributed by atoms with E-state index in [0.717, 1.165) is 0 Å². The molecule has 11 heteroatoms. The predicted molar refractivity (Wildman–Crippen MR) is 104 cm³/mol. The maximum Gasteiger partial charge on any atom is 0.326 e. The van der Waals surface area contributed by atoms with Gasteiger partial charge in [-0.25, -0.2) is 4.79 Å². The van der Waals surface area contributed by atoms with E-state index in [1.54, 1.807) is 13.8 Å². The fourth-order valence-electron chi connectivity index (χ4n) is 2.43. The molecule has 0 saturated carbocycles. The van der Waals surface area contributed by atoms with Crippen LogP contribution >= 0.6 is 0 Å². The molecule has 0 aliphatic heterocycles. The lowest BCUT2D eigenvalue weighted by molar-refractivity contribution is -0.143. The summed E-state index contributed by atoms with van der Waals surface area (Å²) in [5.41, 5.74) is 5.44. The van der Waals surface area contributed by atoms with Crippen molar-refractivity contribution in [1.29, 1.82) is 0 Å². The van der Waals surface area contributed by atoms with Gasteiger partial charge >= 0.3 is 11.9 Å². The molecule has 0 aliphatic carbocycles. The first kappa shape index (κ1) is 26.3. The topological polar surface area (TPSA) is 188 Å². The summed E-state index contributed by atoms with van der Waals surface area (Å²) in [6, 6.07) is -4.52. The van der Waals surface area contributed by atoms with Crippen molar-refractivity contribution in [3.63, 3.8) is 0 Å². The number of carbonyl (C=O) groups excluding carboxylic acids is 3. The van der Waals surface area contributed by atoms with Crippen molar-refractivity contribution in [2.24, 2.45) is 17.6 Å². The van der Waals surface area contributed by atoms with Crippen LogP contribution in [-0.2, 0) is 24.0 Å². The lowest BCUT2D eigenvalue weighted by Crippen LogP contribution is -2.58. The van der Waals surface area contributed by atoms with Gasteiger partial charge in [-0.3, -0.25) is 19.2 Å². The Hall–Kier alpha value is -2.69. The van der Waals surface area contributed by atoms with Crippen LogP contribution in [0.5, 0.6) is 0 Å². The Kier molecular flexibility index (Phi) is 10.9. The van der Waals surface area contributed by atoms with Crippen LogP contribution in [0.2, 0.25) is 0 Å². The van der Waals surface area contributed by atoms with E-state index >= 15 is 0 Å². The van der Waals surface area contributed by atoms with Gasteiger partial charge in [-0.2, -0.15) is 0 Å². The van der Waals surface area contributed by atoms with Gasteiger partial charge in [0.05, 0.1) is 12.5 Å². The number of hydrogen-bond acceptors (Lipinski definition) is 6.